The standard InChI is InChI=1S/C17H19FN6OS/c1-11(12-2-3-14(20-8-12)23-10-13(18)9-21-23)24-15(25)17(22-16(24)26)4-6-19-7-5-17/h2-3,8-11,19H,4-7H2,1H3,(H,22,26)/t11-/m0/s1. The topological polar surface area (TPSA) is 75.1 Å². The maximum absolute atomic E-state index is 13.1. The van der Waals surface area contributed by atoms with Crippen LogP contribution in [-0.2, 0) is 4.79 Å². The molecule has 1 atom stereocenters. The summed E-state index contributed by atoms with van der Waals surface area (Å²) in [5, 5.41) is 10.9. The molecule has 1 spiro atoms. The molecule has 4 heterocycles. The molecule has 0 bridgehead atoms. The van der Waals surface area contributed by atoms with Gasteiger partial charge in [0.25, 0.3) is 5.91 Å². The molecule has 0 unspecified atom stereocenters. The lowest BCUT2D eigenvalue weighted by molar-refractivity contribution is -0.133. The second kappa shape index (κ2) is 6.40. The van der Waals surface area contributed by atoms with Gasteiger partial charge in [-0.25, -0.2) is 14.1 Å². The van der Waals surface area contributed by atoms with Gasteiger partial charge in [0.2, 0.25) is 0 Å². The fraction of sp³-hybridized carbons (Fsp3) is 0.412. The van der Waals surface area contributed by atoms with Gasteiger partial charge in [0.1, 0.15) is 5.54 Å². The van der Waals surface area contributed by atoms with Crippen molar-refractivity contribution in [3.05, 3.63) is 42.1 Å². The zero-order chi connectivity index (χ0) is 18.3. The van der Waals surface area contributed by atoms with Crippen molar-refractivity contribution in [2.75, 3.05) is 13.1 Å². The van der Waals surface area contributed by atoms with Crippen molar-refractivity contribution in [1.82, 2.24) is 30.3 Å². The Bertz CT molecular complexity index is 845. The number of amides is 1. The van der Waals surface area contributed by atoms with E-state index in [0.717, 1.165) is 37.7 Å². The fourth-order valence-electron chi connectivity index (χ4n) is 3.54. The molecular formula is C17H19FN6OS. The lowest BCUT2D eigenvalue weighted by Gasteiger charge is -2.32. The highest BCUT2D eigenvalue weighted by molar-refractivity contribution is 7.80. The smallest absolute Gasteiger partial charge is 0.255 e. The number of thiocarbonyl (C=S) groups is 1. The van der Waals surface area contributed by atoms with Crippen LogP contribution in [-0.4, -0.2) is 49.3 Å². The summed E-state index contributed by atoms with van der Waals surface area (Å²) in [7, 11) is 0. The molecule has 0 aromatic carbocycles. The Labute approximate surface area is 155 Å². The molecule has 2 N–H and O–H groups in total. The number of pyridine rings is 1. The molecule has 4 rings (SSSR count). The maximum atomic E-state index is 13.1. The molecular weight excluding hydrogens is 355 g/mol. The number of hydrogen-bond acceptors (Lipinski definition) is 5. The summed E-state index contributed by atoms with van der Waals surface area (Å²) >= 11 is 5.45. The van der Waals surface area contributed by atoms with Gasteiger partial charge in [-0.1, -0.05) is 6.07 Å². The van der Waals surface area contributed by atoms with E-state index in [9.17, 15) is 9.18 Å². The summed E-state index contributed by atoms with van der Waals surface area (Å²) in [6.07, 6.45) is 5.50. The van der Waals surface area contributed by atoms with Crippen LogP contribution in [0.3, 0.4) is 0 Å². The lowest BCUT2D eigenvalue weighted by atomic mass is 9.88. The van der Waals surface area contributed by atoms with Crippen molar-refractivity contribution in [2.45, 2.75) is 31.3 Å². The third-order valence-electron chi connectivity index (χ3n) is 5.08. The summed E-state index contributed by atoms with van der Waals surface area (Å²) in [5.74, 6) is 0.110. The molecule has 2 fully saturated rings. The van der Waals surface area contributed by atoms with Gasteiger partial charge in [-0.05, 0) is 56.7 Å². The number of piperidine rings is 1. The van der Waals surface area contributed by atoms with Crippen LogP contribution in [0, 0.1) is 5.82 Å². The Morgan fingerprint density at radius 1 is 1.31 bits per heavy atom. The highest BCUT2D eigenvalue weighted by Gasteiger charge is 2.51. The number of carbonyl (C=O) groups is 1. The number of nitrogens with zero attached hydrogens (tertiary/aromatic N) is 4. The Kier molecular flexibility index (Phi) is 4.20. The Morgan fingerprint density at radius 2 is 2.08 bits per heavy atom. The first-order valence-corrected chi connectivity index (χ1v) is 8.94. The van der Waals surface area contributed by atoms with E-state index in [1.165, 1.54) is 10.9 Å². The fourth-order valence-corrected chi connectivity index (χ4v) is 3.98. The van der Waals surface area contributed by atoms with Crippen LogP contribution in [0.5, 0.6) is 0 Å². The zero-order valence-corrected chi connectivity index (χ0v) is 15.1. The van der Waals surface area contributed by atoms with Crippen molar-refractivity contribution in [3.63, 3.8) is 0 Å². The first-order valence-electron chi connectivity index (χ1n) is 8.53. The molecule has 2 aliphatic heterocycles. The third kappa shape index (κ3) is 2.77. The summed E-state index contributed by atoms with van der Waals surface area (Å²) in [6, 6.07) is 3.36. The second-order valence-corrected chi connectivity index (χ2v) is 7.05. The minimum atomic E-state index is -0.587. The predicted molar refractivity (Wildman–Crippen MR) is 97.1 cm³/mol. The minimum Gasteiger partial charge on any atom is -0.348 e. The molecule has 0 radical (unpaired) electrons. The van der Waals surface area contributed by atoms with Crippen LogP contribution in [0.4, 0.5) is 4.39 Å². The average Bonchev–Trinajstić information content (AvgIpc) is 3.17. The molecule has 0 aliphatic carbocycles. The van der Waals surface area contributed by atoms with Crippen LogP contribution in [0.1, 0.15) is 31.4 Å². The first kappa shape index (κ1) is 17.0. The van der Waals surface area contributed by atoms with Crippen LogP contribution in [0.15, 0.2) is 30.7 Å². The highest BCUT2D eigenvalue weighted by Crippen LogP contribution is 2.32. The Balaban J connectivity index is 1.56. The third-order valence-corrected chi connectivity index (χ3v) is 5.38. The van der Waals surface area contributed by atoms with E-state index in [1.54, 1.807) is 17.2 Å². The van der Waals surface area contributed by atoms with Gasteiger partial charge in [0, 0.05) is 6.20 Å². The van der Waals surface area contributed by atoms with E-state index in [1.807, 2.05) is 13.0 Å². The summed E-state index contributed by atoms with van der Waals surface area (Å²) < 4.78 is 14.5. The molecule has 7 nitrogen and oxygen atoms in total. The predicted octanol–water partition coefficient (Wildman–Crippen LogP) is 1.31. The molecule has 1 amide bonds. The van der Waals surface area contributed by atoms with Crippen molar-refractivity contribution >= 4 is 23.2 Å². The molecule has 26 heavy (non-hydrogen) atoms. The zero-order valence-electron chi connectivity index (χ0n) is 14.3. The largest absolute Gasteiger partial charge is 0.348 e. The van der Waals surface area contributed by atoms with Gasteiger partial charge in [0.05, 0.1) is 18.4 Å². The van der Waals surface area contributed by atoms with Crippen molar-refractivity contribution in [3.8, 4) is 5.82 Å². The minimum absolute atomic E-state index is 0.0229. The number of halogens is 1. The van der Waals surface area contributed by atoms with Gasteiger partial charge in [-0.3, -0.25) is 9.69 Å². The number of nitrogens with one attached hydrogen (secondary N) is 2. The monoisotopic (exact) mass is 374 g/mol. The van der Waals surface area contributed by atoms with Crippen LogP contribution in [0.25, 0.3) is 5.82 Å². The molecule has 2 aromatic rings. The summed E-state index contributed by atoms with van der Waals surface area (Å²) in [6.45, 7) is 3.51. The van der Waals surface area contributed by atoms with E-state index in [0.29, 0.717) is 10.9 Å². The maximum Gasteiger partial charge on any atom is 0.255 e. The Hall–Kier alpha value is -2.39. The van der Waals surface area contributed by atoms with Gasteiger partial charge < -0.3 is 10.6 Å². The molecule has 2 aromatic heterocycles. The molecule has 9 heteroatoms. The van der Waals surface area contributed by atoms with Gasteiger partial charge in [-0.2, -0.15) is 5.10 Å². The van der Waals surface area contributed by atoms with E-state index in [-0.39, 0.29) is 11.9 Å². The quantitative estimate of drug-likeness (QED) is 0.789. The second-order valence-electron chi connectivity index (χ2n) is 6.67. The molecule has 0 saturated carbocycles. The van der Waals surface area contributed by atoms with Gasteiger partial charge in [-0.15, -0.1) is 0 Å². The number of hydrogen-bond donors (Lipinski definition) is 2. The van der Waals surface area contributed by atoms with E-state index in [2.05, 4.69) is 20.7 Å². The van der Waals surface area contributed by atoms with Gasteiger partial charge in [0.15, 0.2) is 16.7 Å². The van der Waals surface area contributed by atoms with E-state index >= 15 is 0 Å². The van der Waals surface area contributed by atoms with E-state index < -0.39 is 11.4 Å². The van der Waals surface area contributed by atoms with E-state index in [4.69, 9.17) is 12.2 Å². The van der Waals surface area contributed by atoms with Crippen LogP contribution in [0.2, 0.25) is 0 Å². The molecule has 136 valence electrons. The van der Waals surface area contributed by atoms with Crippen LogP contribution < -0.4 is 10.6 Å². The number of carbonyl (C=O) groups excluding carboxylic acids is 1. The SMILES string of the molecule is C[C@@H](c1ccc(-n2cc(F)cn2)nc1)N1C(=O)C2(CCNCC2)NC1=S. The highest BCUT2D eigenvalue weighted by atomic mass is 32.1. The summed E-state index contributed by atoms with van der Waals surface area (Å²) in [5.41, 5.74) is 0.265. The van der Waals surface area contributed by atoms with Crippen molar-refractivity contribution < 1.29 is 9.18 Å². The molecule has 2 saturated heterocycles. The molecule has 2 aliphatic rings. The number of rotatable bonds is 3. The Morgan fingerprint density at radius 3 is 2.69 bits per heavy atom. The first-order chi connectivity index (χ1) is 12.5. The van der Waals surface area contributed by atoms with Crippen LogP contribution >= 0.6 is 12.2 Å². The van der Waals surface area contributed by atoms with Crippen molar-refractivity contribution in [2.24, 2.45) is 0 Å². The van der Waals surface area contributed by atoms with Crippen molar-refractivity contribution in [1.29, 1.82) is 0 Å². The summed E-state index contributed by atoms with van der Waals surface area (Å²) in [4.78, 5) is 19.0. The average molecular weight is 374 g/mol. The van der Waals surface area contributed by atoms with Gasteiger partial charge >= 0.3 is 0 Å². The normalized spacial score (nSPS) is 20.5. The number of aromatic nitrogens is 3. The lowest BCUT2D eigenvalue weighted by Crippen LogP contribution is -2.53.